The molecule has 1 aliphatic heterocycles. The lowest BCUT2D eigenvalue weighted by atomic mass is 9.53. The maximum Gasteiger partial charge on any atom is 0.152 e. The van der Waals surface area contributed by atoms with Gasteiger partial charge in [0, 0.05) is 18.6 Å². The number of hydrogen-bond donors (Lipinski definition) is 2. The summed E-state index contributed by atoms with van der Waals surface area (Å²) in [5.74, 6) is 4.17. The first-order valence-electron chi connectivity index (χ1n) is 9.70. The molecule has 1 aromatic heterocycles. The Hall–Kier alpha value is -0.870. The number of nitrogen functional groups attached to an aromatic ring is 1. The molecule has 3 N–H and O–H groups in total. The van der Waals surface area contributed by atoms with Crippen molar-refractivity contribution in [1.29, 1.82) is 0 Å². The molecule has 4 bridgehead atoms. The summed E-state index contributed by atoms with van der Waals surface area (Å²) < 4.78 is 0. The SMILES string of the molecule is Nc1c(Cl)c(NC23CC4CC(CC(C4)C2)C3)nc(N2CCCC2)c1Cl. The molecular weight excluding hydrogens is 355 g/mol. The van der Waals surface area contributed by atoms with Gasteiger partial charge in [-0.15, -0.1) is 0 Å². The van der Waals surface area contributed by atoms with Crippen molar-refractivity contribution in [2.24, 2.45) is 17.8 Å². The molecule has 6 heteroatoms. The van der Waals surface area contributed by atoms with Crippen molar-refractivity contribution in [2.75, 3.05) is 29.0 Å². The molecule has 4 nitrogen and oxygen atoms in total. The van der Waals surface area contributed by atoms with Crippen molar-refractivity contribution in [3.63, 3.8) is 0 Å². The number of aromatic nitrogens is 1. The van der Waals surface area contributed by atoms with Crippen LogP contribution in [0, 0.1) is 17.8 Å². The number of halogens is 2. The van der Waals surface area contributed by atoms with E-state index in [-0.39, 0.29) is 5.54 Å². The second-order valence-electron chi connectivity index (χ2n) is 8.84. The summed E-state index contributed by atoms with van der Waals surface area (Å²) in [6.07, 6.45) is 10.4. The van der Waals surface area contributed by atoms with E-state index in [9.17, 15) is 0 Å². The van der Waals surface area contributed by atoms with Gasteiger partial charge in [-0.2, -0.15) is 0 Å². The molecule has 4 saturated carbocycles. The summed E-state index contributed by atoms with van der Waals surface area (Å²) >= 11 is 13.0. The normalized spacial score (nSPS) is 36.2. The molecule has 6 rings (SSSR count). The predicted octanol–water partition coefficient (Wildman–Crippen LogP) is 4.95. The quantitative estimate of drug-likeness (QED) is 0.778. The van der Waals surface area contributed by atoms with Crippen LogP contribution in [0.5, 0.6) is 0 Å². The summed E-state index contributed by atoms with van der Waals surface area (Å²) in [7, 11) is 0. The van der Waals surface area contributed by atoms with Crippen LogP contribution in [-0.2, 0) is 0 Å². The molecule has 2 heterocycles. The Labute approximate surface area is 159 Å². The number of rotatable bonds is 3. The van der Waals surface area contributed by atoms with Crippen LogP contribution >= 0.6 is 23.2 Å². The summed E-state index contributed by atoms with van der Waals surface area (Å²) in [6, 6.07) is 0. The lowest BCUT2D eigenvalue weighted by Gasteiger charge is -2.57. The van der Waals surface area contributed by atoms with Gasteiger partial charge in [0.2, 0.25) is 0 Å². The fraction of sp³-hybridized carbons (Fsp3) is 0.737. The van der Waals surface area contributed by atoms with E-state index in [4.69, 9.17) is 33.9 Å². The summed E-state index contributed by atoms with van der Waals surface area (Å²) in [6.45, 7) is 1.98. The maximum atomic E-state index is 6.56. The minimum absolute atomic E-state index is 0.161. The molecule has 1 aromatic rings. The van der Waals surface area contributed by atoms with Crippen LogP contribution in [0.4, 0.5) is 17.3 Å². The van der Waals surface area contributed by atoms with Crippen molar-refractivity contribution >= 4 is 40.5 Å². The molecule has 0 unspecified atom stereocenters. The number of hydrogen-bond acceptors (Lipinski definition) is 4. The lowest BCUT2D eigenvalue weighted by Crippen LogP contribution is -2.55. The molecule has 0 spiro atoms. The van der Waals surface area contributed by atoms with Gasteiger partial charge in [0.1, 0.15) is 15.9 Å². The van der Waals surface area contributed by atoms with Crippen LogP contribution in [0.15, 0.2) is 0 Å². The smallest absolute Gasteiger partial charge is 0.152 e. The molecular formula is C19H26Cl2N4. The van der Waals surface area contributed by atoms with E-state index in [1.165, 1.54) is 51.4 Å². The first-order chi connectivity index (χ1) is 12.0. The second kappa shape index (κ2) is 5.82. The number of nitrogens with two attached hydrogens (primary N) is 1. The standard InChI is InChI=1S/C19H26Cl2N4/c20-14-16(22)15(21)18(25-3-1-2-4-25)23-17(14)24-19-8-11-5-12(9-19)7-13(6-11)10-19/h11-13H,1-10H2,(H3,22,23,24). The van der Waals surface area contributed by atoms with Crippen LogP contribution in [0.1, 0.15) is 51.4 Å². The van der Waals surface area contributed by atoms with Crippen molar-refractivity contribution in [3.8, 4) is 0 Å². The molecule has 4 aliphatic carbocycles. The van der Waals surface area contributed by atoms with Crippen LogP contribution in [0.25, 0.3) is 0 Å². The van der Waals surface area contributed by atoms with E-state index in [1.807, 2.05) is 0 Å². The zero-order chi connectivity index (χ0) is 17.2. The number of anilines is 3. The van der Waals surface area contributed by atoms with Crippen LogP contribution in [-0.4, -0.2) is 23.6 Å². The Morgan fingerprint density at radius 1 is 0.960 bits per heavy atom. The molecule has 0 aromatic carbocycles. The van der Waals surface area contributed by atoms with Crippen LogP contribution in [0.2, 0.25) is 10.0 Å². The Bertz CT molecular complexity index is 664. The van der Waals surface area contributed by atoms with E-state index in [1.54, 1.807) is 0 Å². The molecule has 25 heavy (non-hydrogen) atoms. The maximum absolute atomic E-state index is 6.56. The first-order valence-corrected chi connectivity index (χ1v) is 10.5. The fourth-order valence-corrected chi connectivity index (χ4v) is 6.77. The number of pyridine rings is 1. The fourth-order valence-electron chi connectivity index (χ4n) is 6.28. The third-order valence-electron chi connectivity index (χ3n) is 6.92. The molecule has 0 radical (unpaired) electrons. The van der Waals surface area contributed by atoms with Crippen molar-refractivity contribution in [2.45, 2.75) is 56.9 Å². The highest BCUT2D eigenvalue weighted by Gasteiger charge is 2.51. The van der Waals surface area contributed by atoms with Gasteiger partial charge < -0.3 is 16.0 Å². The second-order valence-corrected chi connectivity index (χ2v) is 9.60. The summed E-state index contributed by atoms with van der Waals surface area (Å²) in [4.78, 5) is 7.10. The first kappa shape index (κ1) is 16.3. The molecule has 0 atom stereocenters. The number of nitrogens with one attached hydrogen (secondary N) is 1. The minimum Gasteiger partial charge on any atom is -0.396 e. The van der Waals surface area contributed by atoms with Crippen molar-refractivity contribution in [3.05, 3.63) is 10.0 Å². The van der Waals surface area contributed by atoms with Crippen LogP contribution in [0.3, 0.4) is 0 Å². The van der Waals surface area contributed by atoms with Gasteiger partial charge in [-0.1, -0.05) is 23.2 Å². The van der Waals surface area contributed by atoms with Gasteiger partial charge in [-0.05, 0) is 69.1 Å². The minimum atomic E-state index is 0.161. The van der Waals surface area contributed by atoms with E-state index in [0.29, 0.717) is 15.7 Å². The van der Waals surface area contributed by atoms with E-state index in [0.717, 1.165) is 42.5 Å². The average molecular weight is 381 g/mol. The van der Waals surface area contributed by atoms with Gasteiger partial charge in [0.25, 0.3) is 0 Å². The predicted molar refractivity (Wildman–Crippen MR) is 105 cm³/mol. The highest BCUT2D eigenvalue weighted by atomic mass is 35.5. The van der Waals surface area contributed by atoms with Gasteiger partial charge >= 0.3 is 0 Å². The Morgan fingerprint density at radius 2 is 1.52 bits per heavy atom. The zero-order valence-electron chi connectivity index (χ0n) is 14.5. The van der Waals surface area contributed by atoms with E-state index in [2.05, 4.69) is 10.2 Å². The Kier molecular flexibility index (Phi) is 3.80. The molecule has 136 valence electrons. The number of nitrogens with zero attached hydrogens (tertiary/aromatic N) is 2. The Balaban J connectivity index is 1.49. The Morgan fingerprint density at radius 3 is 2.08 bits per heavy atom. The van der Waals surface area contributed by atoms with Gasteiger partial charge in [0.15, 0.2) is 5.82 Å². The highest BCUT2D eigenvalue weighted by Crippen LogP contribution is 2.57. The monoisotopic (exact) mass is 380 g/mol. The van der Waals surface area contributed by atoms with Crippen LogP contribution < -0.4 is 16.0 Å². The van der Waals surface area contributed by atoms with Crippen molar-refractivity contribution < 1.29 is 0 Å². The third kappa shape index (κ3) is 2.68. The molecule has 0 amide bonds. The van der Waals surface area contributed by atoms with Gasteiger partial charge in [-0.25, -0.2) is 4.98 Å². The molecule has 1 saturated heterocycles. The van der Waals surface area contributed by atoms with E-state index >= 15 is 0 Å². The lowest BCUT2D eigenvalue weighted by molar-refractivity contribution is 0.0105. The van der Waals surface area contributed by atoms with Crippen molar-refractivity contribution in [1.82, 2.24) is 4.98 Å². The average Bonchev–Trinajstić information content (AvgIpc) is 3.08. The third-order valence-corrected chi connectivity index (χ3v) is 7.68. The van der Waals surface area contributed by atoms with Gasteiger partial charge in [-0.3, -0.25) is 0 Å². The topological polar surface area (TPSA) is 54.2 Å². The summed E-state index contributed by atoms with van der Waals surface area (Å²) in [5.41, 5.74) is 6.87. The van der Waals surface area contributed by atoms with E-state index < -0.39 is 0 Å². The largest absolute Gasteiger partial charge is 0.396 e. The van der Waals surface area contributed by atoms with Gasteiger partial charge in [0.05, 0.1) is 5.69 Å². The molecule has 5 aliphatic rings. The summed E-state index contributed by atoms with van der Waals surface area (Å²) in [5, 5.41) is 4.77. The highest BCUT2D eigenvalue weighted by molar-refractivity contribution is 6.41. The molecule has 5 fully saturated rings. The zero-order valence-corrected chi connectivity index (χ0v) is 16.0.